The Morgan fingerprint density at radius 3 is 2.59 bits per heavy atom. The van der Waals surface area contributed by atoms with Crippen LogP contribution in [-0.4, -0.2) is 28.8 Å². The number of allylic oxidation sites excluding steroid dienone is 1. The molecule has 0 aromatic carbocycles. The molecule has 0 atom stereocenters. The SMILES string of the molecule is C#CC1=C(N2CCC3(CC2)CC3)c2nc(C)ccc2CC1=O. The van der Waals surface area contributed by atoms with Gasteiger partial charge in [0.1, 0.15) is 0 Å². The normalized spacial score (nSPS) is 22.5. The van der Waals surface area contributed by atoms with E-state index in [0.717, 1.165) is 35.7 Å². The number of piperidine rings is 1. The largest absolute Gasteiger partial charge is 0.369 e. The second kappa shape index (κ2) is 4.71. The van der Waals surface area contributed by atoms with Crippen LogP contribution in [0.15, 0.2) is 17.7 Å². The molecule has 1 aliphatic heterocycles. The van der Waals surface area contributed by atoms with Gasteiger partial charge < -0.3 is 4.90 Å². The predicted molar refractivity (Wildman–Crippen MR) is 85.9 cm³/mol. The average molecular weight is 292 g/mol. The molecule has 3 aliphatic rings. The maximum absolute atomic E-state index is 12.4. The van der Waals surface area contributed by atoms with Gasteiger partial charge in [-0.3, -0.25) is 9.78 Å². The molecule has 0 amide bonds. The first kappa shape index (κ1) is 13.6. The Labute approximate surface area is 131 Å². The summed E-state index contributed by atoms with van der Waals surface area (Å²) in [5, 5.41) is 0. The van der Waals surface area contributed by atoms with Gasteiger partial charge in [-0.05, 0) is 49.7 Å². The number of carbonyl (C=O) groups excluding carboxylic acids is 1. The summed E-state index contributed by atoms with van der Waals surface area (Å²) in [7, 11) is 0. The van der Waals surface area contributed by atoms with Crippen molar-refractivity contribution in [2.24, 2.45) is 5.41 Å². The number of ketones is 1. The highest BCUT2D eigenvalue weighted by atomic mass is 16.1. The van der Waals surface area contributed by atoms with E-state index < -0.39 is 0 Å². The number of nitrogens with zero attached hydrogens (tertiary/aromatic N) is 2. The minimum atomic E-state index is 0.0577. The number of Topliss-reactive ketones (excluding diaryl/α,β-unsaturated/α-hetero) is 1. The fourth-order valence-electron chi connectivity index (χ4n) is 3.78. The molecule has 0 bridgehead atoms. The van der Waals surface area contributed by atoms with Crippen molar-refractivity contribution in [2.45, 2.75) is 39.0 Å². The summed E-state index contributed by atoms with van der Waals surface area (Å²) in [5.41, 5.74) is 4.95. The number of fused-ring (bicyclic) bond motifs is 1. The van der Waals surface area contributed by atoms with Crippen LogP contribution in [0.4, 0.5) is 0 Å². The van der Waals surface area contributed by atoms with E-state index in [2.05, 4.69) is 10.8 Å². The number of aryl methyl sites for hydroxylation is 1. The van der Waals surface area contributed by atoms with E-state index in [1.54, 1.807) is 0 Å². The number of carbonyl (C=O) groups is 1. The molecule has 1 aromatic rings. The molecule has 0 radical (unpaired) electrons. The Bertz CT molecular complexity index is 724. The minimum Gasteiger partial charge on any atom is -0.369 e. The van der Waals surface area contributed by atoms with Crippen LogP contribution < -0.4 is 0 Å². The van der Waals surface area contributed by atoms with E-state index in [4.69, 9.17) is 11.4 Å². The Morgan fingerprint density at radius 1 is 1.23 bits per heavy atom. The molecule has 2 heterocycles. The maximum Gasteiger partial charge on any atom is 0.177 e. The molecular weight excluding hydrogens is 272 g/mol. The summed E-state index contributed by atoms with van der Waals surface area (Å²) in [6, 6.07) is 4.00. The van der Waals surface area contributed by atoms with Gasteiger partial charge in [0.25, 0.3) is 0 Å². The molecule has 1 saturated carbocycles. The van der Waals surface area contributed by atoms with E-state index in [1.165, 1.54) is 25.7 Å². The zero-order chi connectivity index (χ0) is 15.3. The van der Waals surface area contributed by atoms with E-state index in [0.29, 0.717) is 17.4 Å². The van der Waals surface area contributed by atoms with Crippen LogP contribution in [0.1, 0.15) is 42.6 Å². The van der Waals surface area contributed by atoms with Crippen molar-refractivity contribution in [1.82, 2.24) is 9.88 Å². The lowest BCUT2D eigenvalue weighted by Crippen LogP contribution is -2.36. The Balaban J connectivity index is 1.78. The monoisotopic (exact) mass is 292 g/mol. The van der Waals surface area contributed by atoms with Crippen molar-refractivity contribution in [3.05, 3.63) is 34.7 Å². The average Bonchev–Trinajstić information content (AvgIpc) is 3.27. The van der Waals surface area contributed by atoms with Crippen LogP contribution in [0, 0.1) is 24.7 Å². The lowest BCUT2D eigenvalue weighted by Gasteiger charge is -2.37. The Hall–Kier alpha value is -2.08. The fourth-order valence-corrected chi connectivity index (χ4v) is 3.78. The highest BCUT2D eigenvalue weighted by Gasteiger charge is 2.45. The van der Waals surface area contributed by atoms with E-state index in [1.807, 2.05) is 19.1 Å². The molecule has 1 spiro atoms. The summed E-state index contributed by atoms with van der Waals surface area (Å²) in [6.07, 6.45) is 11.2. The van der Waals surface area contributed by atoms with Crippen LogP contribution in [0.25, 0.3) is 5.70 Å². The fraction of sp³-hybridized carbons (Fsp3) is 0.474. The van der Waals surface area contributed by atoms with Crippen molar-refractivity contribution in [3.8, 4) is 12.3 Å². The zero-order valence-electron chi connectivity index (χ0n) is 13.0. The van der Waals surface area contributed by atoms with Gasteiger partial charge >= 0.3 is 0 Å². The molecule has 1 saturated heterocycles. The molecule has 0 unspecified atom stereocenters. The highest BCUT2D eigenvalue weighted by Crippen LogP contribution is 2.54. The van der Waals surface area contributed by atoms with Crippen LogP contribution in [0.3, 0.4) is 0 Å². The van der Waals surface area contributed by atoms with Gasteiger partial charge in [-0.1, -0.05) is 12.0 Å². The topological polar surface area (TPSA) is 33.2 Å². The highest BCUT2D eigenvalue weighted by molar-refractivity contribution is 6.09. The van der Waals surface area contributed by atoms with Crippen LogP contribution >= 0.6 is 0 Å². The van der Waals surface area contributed by atoms with Gasteiger partial charge in [-0.2, -0.15) is 0 Å². The van der Waals surface area contributed by atoms with Gasteiger partial charge in [-0.15, -0.1) is 6.42 Å². The molecule has 4 rings (SSSR count). The van der Waals surface area contributed by atoms with E-state index >= 15 is 0 Å². The van der Waals surface area contributed by atoms with Crippen molar-refractivity contribution >= 4 is 11.5 Å². The first-order valence-corrected chi connectivity index (χ1v) is 8.08. The summed E-state index contributed by atoms with van der Waals surface area (Å²) < 4.78 is 0. The van der Waals surface area contributed by atoms with Crippen molar-refractivity contribution in [3.63, 3.8) is 0 Å². The summed E-state index contributed by atoms with van der Waals surface area (Å²) in [5.74, 6) is 2.70. The number of terminal acetylenes is 1. The molecule has 3 heteroatoms. The molecule has 3 nitrogen and oxygen atoms in total. The van der Waals surface area contributed by atoms with E-state index in [9.17, 15) is 4.79 Å². The molecule has 112 valence electrons. The number of hydrogen-bond donors (Lipinski definition) is 0. The molecular formula is C19H20N2O. The summed E-state index contributed by atoms with van der Waals surface area (Å²) in [4.78, 5) is 19.4. The molecule has 1 aromatic heterocycles. The van der Waals surface area contributed by atoms with Crippen LogP contribution in [0.5, 0.6) is 0 Å². The number of likely N-dealkylation sites (tertiary alicyclic amines) is 1. The predicted octanol–water partition coefficient (Wildman–Crippen LogP) is 2.74. The number of aromatic nitrogens is 1. The van der Waals surface area contributed by atoms with Gasteiger partial charge in [0, 0.05) is 25.2 Å². The zero-order valence-corrected chi connectivity index (χ0v) is 13.0. The van der Waals surface area contributed by atoms with Crippen LogP contribution in [0.2, 0.25) is 0 Å². The molecule has 22 heavy (non-hydrogen) atoms. The molecule has 2 aliphatic carbocycles. The van der Waals surface area contributed by atoms with Gasteiger partial charge in [0.2, 0.25) is 0 Å². The number of hydrogen-bond acceptors (Lipinski definition) is 3. The Morgan fingerprint density at radius 2 is 1.95 bits per heavy atom. The number of pyridine rings is 1. The third-order valence-corrected chi connectivity index (χ3v) is 5.45. The van der Waals surface area contributed by atoms with Gasteiger partial charge in [-0.25, -0.2) is 0 Å². The molecule has 2 fully saturated rings. The molecule has 0 N–H and O–H groups in total. The summed E-state index contributed by atoms with van der Waals surface area (Å²) >= 11 is 0. The first-order valence-electron chi connectivity index (χ1n) is 8.08. The van der Waals surface area contributed by atoms with Crippen LogP contribution in [-0.2, 0) is 11.2 Å². The lowest BCUT2D eigenvalue weighted by atomic mass is 9.88. The second-order valence-corrected chi connectivity index (χ2v) is 6.92. The van der Waals surface area contributed by atoms with Crippen molar-refractivity contribution in [1.29, 1.82) is 0 Å². The van der Waals surface area contributed by atoms with Crippen molar-refractivity contribution < 1.29 is 4.79 Å². The minimum absolute atomic E-state index is 0.0577. The second-order valence-electron chi connectivity index (χ2n) is 6.92. The third-order valence-electron chi connectivity index (χ3n) is 5.45. The summed E-state index contributed by atoms with van der Waals surface area (Å²) in [6.45, 7) is 3.96. The van der Waals surface area contributed by atoms with E-state index in [-0.39, 0.29) is 5.78 Å². The first-order chi connectivity index (χ1) is 10.6. The van der Waals surface area contributed by atoms with Gasteiger partial charge in [0.05, 0.1) is 17.0 Å². The quantitative estimate of drug-likeness (QED) is 0.746. The maximum atomic E-state index is 12.4. The smallest absolute Gasteiger partial charge is 0.177 e. The van der Waals surface area contributed by atoms with Crippen molar-refractivity contribution in [2.75, 3.05) is 13.1 Å². The Kier molecular flexibility index (Phi) is 2.91. The number of rotatable bonds is 1. The lowest BCUT2D eigenvalue weighted by molar-refractivity contribution is -0.114. The standard InChI is InChI=1S/C19H20N2O/c1-3-15-16(22)12-14-5-4-13(2)20-17(14)18(15)21-10-8-19(6-7-19)9-11-21/h1,4-5H,6-12H2,2H3. The van der Waals surface area contributed by atoms with Gasteiger partial charge in [0.15, 0.2) is 5.78 Å². The third kappa shape index (κ3) is 2.06.